The number of carbonyl (C=O) groups excluding carboxylic acids is 2. The lowest BCUT2D eigenvalue weighted by atomic mass is 10.1. The number of hydrogen-bond donors (Lipinski definition) is 2. The van der Waals surface area contributed by atoms with Gasteiger partial charge in [0.05, 0.1) is 6.20 Å². The Morgan fingerprint density at radius 3 is 2.55 bits per heavy atom. The number of benzene rings is 1. The first kappa shape index (κ1) is 15.6. The fourth-order valence-electron chi connectivity index (χ4n) is 1.88. The maximum atomic E-state index is 11.7. The minimum absolute atomic E-state index is 0.0876. The van der Waals surface area contributed by atoms with Gasteiger partial charge < -0.3 is 10.6 Å². The molecular formula is C16H18N4O2. The van der Waals surface area contributed by atoms with Crippen molar-refractivity contribution < 1.29 is 9.59 Å². The fourth-order valence-corrected chi connectivity index (χ4v) is 1.88. The van der Waals surface area contributed by atoms with Crippen molar-refractivity contribution in [1.29, 1.82) is 0 Å². The number of nitrogens with one attached hydrogen (secondary N) is 2. The van der Waals surface area contributed by atoms with Crippen LogP contribution < -0.4 is 10.6 Å². The second-order valence-corrected chi connectivity index (χ2v) is 4.68. The maximum absolute atomic E-state index is 11.7. The smallest absolute Gasteiger partial charge is 0.271 e. The van der Waals surface area contributed by atoms with Crippen molar-refractivity contribution in [1.82, 2.24) is 20.6 Å². The molecule has 22 heavy (non-hydrogen) atoms. The molecule has 1 aromatic heterocycles. The zero-order valence-electron chi connectivity index (χ0n) is 12.2. The molecule has 1 aromatic carbocycles. The van der Waals surface area contributed by atoms with Gasteiger partial charge in [0.2, 0.25) is 5.91 Å². The normalized spacial score (nSPS) is 10.0. The molecule has 1 heterocycles. The second-order valence-electron chi connectivity index (χ2n) is 4.68. The predicted octanol–water partition coefficient (Wildman–Crippen LogP) is 0.955. The molecule has 0 aliphatic heterocycles. The molecular weight excluding hydrogens is 280 g/mol. The van der Waals surface area contributed by atoms with E-state index in [1.807, 2.05) is 30.3 Å². The Morgan fingerprint density at radius 1 is 1.00 bits per heavy atom. The number of amides is 2. The van der Waals surface area contributed by atoms with E-state index in [2.05, 4.69) is 20.6 Å². The van der Waals surface area contributed by atoms with Crippen LogP contribution in [0.25, 0.3) is 0 Å². The van der Waals surface area contributed by atoms with Gasteiger partial charge in [0, 0.05) is 31.9 Å². The Hall–Kier alpha value is -2.76. The molecule has 0 aliphatic rings. The lowest BCUT2D eigenvalue weighted by Crippen LogP contribution is -2.32. The molecule has 114 valence electrons. The standard InChI is InChI=1S/C16H18N4O2/c21-15(19-8-6-13-4-2-1-3-5-13)7-9-20-16(22)14-12-17-10-11-18-14/h1-5,10-12H,6-9H2,(H,19,21)(H,20,22). The fraction of sp³-hybridized carbons (Fsp3) is 0.250. The first-order valence-corrected chi connectivity index (χ1v) is 7.10. The van der Waals surface area contributed by atoms with Crippen molar-refractivity contribution in [2.45, 2.75) is 12.8 Å². The van der Waals surface area contributed by atoms with Crippen molar-refractivity contribution in [3.05, 3.63) is 60.2 Å². The van der Waals surface area contributed by atoms with Crippen LogP contribution in [0.15, 0.2) is 48.9 Å². The van der Waals surface area contributed by atoms with E-state index >= 15 is 0 Å². The van der Waals surface area contributed by atoms with Crippen LogP contribution in [0, 0.1) is 0 Å². The highest BCUT2D eigenvalue weighted by Gasteiger charge is 2.07. The van der Waals surface area contributed by atoms with Gasteiger partial charge in [0.25, 0.3) is 5.91 Å². The summed E-state index contributed by atoms with van der Waals surface area (Å²) >= 11 is 0. The molecule has 0 fully saturated rings. The highest BCUT2D eigenvalue weighted by Crippen LogP contribution is 1.98. The largest absolute Gasteiger partial charge is 0.356 e. The van der Waals surface area contributed by atoms with Crippen LogP contribution in [0.5, 0.6) is 0 Å². The molecule has 2 N–H and O–H groups in total. The number of carbonyl (C=O) groups is 2. The summed E-state index contributed by atoms with van der Waals surface area (Å²) in [5.41, 5.74) is 1.42. The molecule has 2 aromatic rings. The van der Waals surface area contributed by atoms with Gasteiger partial charge in [-0.05, 0) is 12.0 Å². The van der Waals surface area contributed by atoms with Crippen LogP contribution in [0.2, 0.25) is 0 Å². The zero-order chi connectivity index (χ0) is 15.6. The van der Waals surface area contributed by atoms with E-state index in [1.165, 1.54) is 24.2 Å². The van der Waals surface area contributed by atoms with Crippen molar-refractivity contribution in [2.24, 2.45) is 0 Å². The minimum Gasteiger partial charge on any atom is -0.356 e. The van der Waals surface area contributed by atoms with E-state index in [0.717, 1.165) is 6.42 Å². The highest BCUT2D eigenvalue weighted by molar-refractivity contribution is 5.92. The third kappa shape index (κ3) is 5.32. The molecule has 0 spiro atoms. The third-order valence-electron chi connectivity index (χ3n) is 3.01. The Morgan fingerprint density at radius 2 is 1.82 bits per heavy atom. The van der Waals surface area contributed by atoms with E-state index in [0.29, 0.717) is 6.54 Å². The van der Waals surface area contributed by atoms with Crippen LogP contribution >= 0.6 is 0 Å². The van der Waals surface area contributed by atoms with Gasteiger partial charge in [-0.1, -0.05) is 30.3 Å². The Kier molecular flexibility index (Phi) is 6.04. The Labute approximate surface area is 129 Å². The number of hydrogen-bond acceptors (Lipinski definition) is 4. The van der Waals surface area contributed by atoms with Gasteiger partial charge in [-0.2, -0.15) is 0 Å². The number of aromatic nitrogens is 2. The topological polar surface area (TPSA) is 84.0 Å². The lowest BCUT2D eigenvalue weighted by molar-refractivity contribution is -0.120. The van der Waals surface area contributed by atoms with Crippen LogP contribution in [0.4, 0.5) is 0 Å². The molecule has 2 amide bonds. The van der Waals surface area contributed by atoms with Crippen LogP contribution in [0.3, 0.4) is 0 Å². The quantitative estimate of drug-likeness (QED) is 0.797. The predicted molar refractivity (Wildman–Crippen MR) is 82.1 cm³/mol. The molecule has 0 saturated heterocycles. The summed E-state index contributed by atoms with van der Waals surface area (Å²) in [5.74, 6) is -0.416. The first-order chi connectivity index (χ1) is 10.8. The van der Waals surface area contributed by atoms with Crippen LogP contribution in [-0.4, -0.2) is 34.9 Å². The summed E-state index contributed by atoms with van der Waals surface area (Å²) in [6.07, 6.45) is 5.36. The molecule has 0 aliphatic carbocycles. The highest BCUT2D eigenvalue weighted by atomic mass is 16.2. The van der Waals surface area contributed by atoms with Gasteiger partial charge in [-0.25, -0.2) is 4.98 Å². The van der Waals surface area contributed by atoms with Crippen molar-refractivity contribution >= 4 is 11.8 Å². The zero-order valence-corrected chi connectivity index (χ0v) is 12.2. The number of rotatable bonds is 7. The number of nitrogens with zero attached hydrogens (tertiary/aromatic N) is 2. The van der Waals surface area contributed by atoms with Crippen molar-refractivity contribution in [3.8, 4) is 0 Å². The van der Waals surface area contributed by atoms with Gasteiger partial charge in [-0.3, -0.25) is 14.6 Å². The monoisotopic (exact) mass is 298 g/mol. The maximum Gasteiger partial charge on any atom is 0.271 e. The van der Waals surface area contributed by atoms with Gasteiger partial charge >= 0.3 is 0 Å². The summed E-state index contributed by atoms with van der Waals surface area (Å²) in [6, 6.07) is 9.95. The van der Waals surface area contributed by atoms with E-state index in [9.17, 15) is 9.59 Å². The molecule has 6 heteroatoms. The molecule has 0 radical (unpaired) electrons. The lowest BCUT2D eigenvalue weighted by Gasteiger charge is -2.06. The van der Waals surface area contributed by atoms with E-state index < -0.39 is 0 Å². The van der Waals surface area contributed by atoms with Gasteiger partial charge in [-0.15, -0.1) is 0 Å². The van der Waals surface area contributed by atoms with Crippen molar-refractivity contribution in [2.75, 3.05) is 13.1 Å². The molecule has 6 nitrogen and oxygen atoms in total. The van der Waals surface area contributed by atoms with Gasteiger partial charge in [0.1, 0.15) is 5.69 Å². The molecule has 0 saturated carbocycles. The SMILES string of the molecule is O=C(CCNC(=O)c1cnccn1)NCCc1ccccc1. The first-order valence-electron chi connectivity index (χ1n) is 7.10. The summed E-state index contributed by atoms with van der Waals surface area (Å²) in [5, 5.41) is 5.46. The van der Waals surface area contributed by atoms with E-state index in [1.54, 1.807) is 0 Å². The van der Waals surface area contributed by atoms with Crippen LogP contribution in [-0.2, 0) is 11.2 Å². The summed E-state index contributed by atoms with van der Waals surface area (Å²) in [6.45, 7) is 0.855. The molecule has 2 rings (SSSR count). The summed E-state index contributed by atoms with van der Waals surface area (Å²) in [4.78, 5) is 31.0. The second kappa shape index (κ2) is 8.51. The Bertz CT molecular complexity index is 602. The molecule has 0 bridgehead atoms. The van der Waals surface area contributed by atoms with E-state index in [-0.39, 0.29) is 30.5 Å². The van der Waals surface area contributed by atoms with E-state index in [4.69, 9.17) is 0 Å². The summed E-state index contributed by atoms with van der Waals surface area (Å²) < 4.78 is 0. The average molecular weight is 298 g/mol. The van der Waals surface area contributed by atoms with Crippen LogP contribution in [0.1, 0.15) is 22.5 Å². The summed E-state index contributed by atoms with van der Waals surface area (Å²) in [7, 11) is 0. The average Bonchev–Trinajstić information content (AvgIpc) is 2.56. The molecule has 0 unspecified atom stereocenters. The van der Waals surface area contributed by atoms with Gasteiger partial charge in [0.15, 0.2) is 0 Å². The minimum atomic E-state index is -0.329. The third-order valence-corrected chi connectivity index (χ3v) is 3.01. The molecule has 0 atom stereocenters. The van der Waals surface area contributed by atoms with Crippen molar-refractivity contribution in [3.63, 3.8) is 0 Å². The Balaban J connectivity index is 1.61.